The van der Waals surface area contributed by atoms with Gasteiger partial charge in [0.25, 0.3) is 5.56 Å². The topological polar surface area (TPSA) is 72.1 Å². The molecule has 1 aromatic heterocycles. The summed E-state index contributed by atoms with van der Waals surface area (Å²) in [6.45, 7) is 1.74. The number of carbonyl (C=O) groups is 1. The smallest absolute Gasteiger partial charge is 0.328 e. The van der Waals surface area contributed by atoms with Crippen LogP contribution in [-0.2, 0) is 9.53 Å². The van der Waals surface area contributed by atoms with Gasteiger partial charge in [0.2, 0.25) is 0 Å². The molecule has 1 unspecified atom stereocenters. The second-order valence-corrected chi connectivity index (χ2v) is 4.87. The molecule has 5 nitrogen and oxygen atoms in total. The van der Waals surface area contributed by atoms with Gasteiger partial charge < -0.3 is 4.74 Å². The van der Waals surface area contributed by atoms with Crippen LogP contribution in [0.2, 0.25) is 0 Å². The second kappa shape index (κ2) is 6.88. The molecule has 0 N–H and O–H groups in total. The molecule has 0 radical (unpaired) electrons. The number of methoxy groups -OCH3 is 1. The first-order chi connectivity index (χ1) is 11.0. The largest absolute Gasteiger partial charge is 0.467 e. The van der Waals surface area contributed by atoms with Crippen molar-refractivity contribution < 1.29 is 13.9 Å². The van der Waals surface area contributed by atoms with E-state index in [1.165, 1.54) is 42.0 Å². The van der Waals surface area contributed by atoms with Crippen molar-refractivity contribution in [2.24, 2.45) is 0 Å². The maximum absolute atomic E-state index is 13.1. The quantitative estimate of drug-likeness (QED) is 0.813. The third-order valence-corrected chi connectivity index (χ3v) is 3.55. The first-order valence-corrected chi connectivity index (χ1v) is 7.02. The zero-order valence-corrected chi connectivity index (χ0v) is 12.7. The summed E-state index contributed by atoms with van der Waals surface area (Å²) < 4.78 is 19.1. The fourth-order valence-electron chi connectivity index (χ4n) is 2.39. The molecule has 0 amide bonds. The Morgan fingerprint density at radius 3 is 2.48 bits per heavy atom. The van der Waals surface area contributed by atoms with E-state index in [4.69, 9.17) is 10.00 Å². The number of carbonyl (C=O) groups excluding carboxylic acids is 1. The van der Waals surface area contributed by atoms with E-state index in [1.807, 2.05) is 6.07 Å². The Balaban J connectivity index is 2.75. The van der Waals surface area contributed by atoms with Crippen molar-refractivity contribution in [3.05, 3.63) is 58.1 Å². The molecule has 0 spiro atoms. The van der Waals surface area contributed by atoms with Crippen molar-refractivity contribution in [3.63, 3.8) is 0 Å². The van der Waals surface area contributed by atoms with Crippen LogP contribution in [0, 0.1) is 17.1 Å². The van der Waals surface area contributed by atoms with Crippen LogP contribution in [0.3, 0.4) is 0 Å². The van der Waals surface area contributed by atoms with Crippen LogP contribution < -0.4 is 5.56 Å². The highest BCUT2D eigenvalue weighted by molar-refractivity contribution is 5.75. The minimum absolute atomic E-state index is 0.0711. The standard InChI is InChI=1S/C17H15FN2O3/c1-3-14(17(22)23-2)20-15(9-6-12(10-19)16(20)21)11-4-7-13(18)8-5-11/h4-9,14H,3H2,1-2H3. The van der Waals surface area contributed by atoms with Crippen LogP contribution in [0.5, 0.6) is 0 Å². The Labute approximate surface area is 132 Å². The molecule has 2 rings (SSSR count). The molecule has 1 atom stereocenters. The van der Waals surface area contributed by atoms with Gasteiger partial charge in [-0.2, -0.15) is 5.26 Å². The van der Waals surface area contributed by atoms with Crippen LogP contribution >= 0.6 is 0 Å². The highest BCUT2D eigenvalue weighted by Crippen LogP contribution is 2.24. The molecule has 23 heavy (non-hydrogen) atoms. The Morgan fingerprint density at radius 2 is 1.96 bits per heavy atom. The van der Waals surface area contributed by atoms with E-state index in [9.17, 15) is 14.0 Å². The summed E-state index contributed by atoms with van der Waals surface area (Å²) in [4.78, 5) is 24.5. The Hall–Kier alpha value is -2.94. The number of ether oxygens (including phenoxy) is 1. The maximum Gasteiger partial charge on any atom is 0.328 e. The van der Waals surface area contributed by atoms with Gasteiger partial charge in [0, 0.05) is 0 Å². The number of rotatable bonds is 4. The van der Waals surface area contributed by atoms with E-state index in [1.54, 1.807) is 13.0 Å². The summed E-state index contributed by atoms with van der Waals surface area (Å²) in [6.07, 6.45) is 0.315. The van der Waals surface area contributed by atoms with Gasteiger partial charge in [-0.25, -0.2) is 9.18 Å². The highest BCUT2D eigenvalue weighted by Gasteiger charge is 2.24. The van der Waals surface area contributed by atoms with E-state index in [0.717, 1.165) is 0 Å². The summed E-state index contributed by atoms with van der Waals surface area (Å²) in [7, 11) is 1.24. The highest BCUT2D eigenvalue weighted by atomic mass is 19.1. The van der Waals surface area contributed by atoms with Gasteiger partial charge in [-0.1, -0.05) is 6.92 Å². The van der Waals surface area contributed by atoms with Gasteiger partial charge in [-0.3, -0.25) is 9.36 Å². The molecule has 0 fully saturated rings. The predicted octanol–water partition coefficient (Wildman–Crippen LogP) is 2.65. The normalized spacial score (nSPS) is 11.6. The summed E-state index contributed by atoms with van der Waals surface area (Å²) >= 11 is 0. The van der Waals surface area contributed by atoms with E-state index >= 15 is 0 Å². The summed E-state index contributed by atoms with van der Waals surface area (Å²) in [6, 6.07) is 9.46. The van der Waals surface area contributed by atoms with Gasteiger partial charge in [0.1, 0.15) is 23.5 Å². The van der Waals surface area contributed by atoms with Crippen LogP contribution in [0.25, 0.3) is 11.3 Å². The first-order valence-electron chi connectivity index (χ1n) is 7.02. The predicted molar refractivity (Wildman–Crippen MR) is 82.2 cm³/mol. The average Bonchev–Trinajstić information content (AvgIpc) is 2.57. The summed E-state index contributed by atoms with van der Waals surface area (Å²) in [5.41, 5.74) is 0.339. The number of hydrogen-bond acceptors (Lipinski definition) is 4. The zero-order valence-electron chi connectivity index (χ0n) is 12.7. The number of hydrogen-bond donors (Lipinski definition) is 0. The molecule has 1 heterocycles. The van der Waals surface area contributed by atoms with Crippen molar-refractivity contribution in [1.29, 1.82) is 5.26 Å². The number of aromatic nitrogens is 1. The number of nitrogens with zero attached hydrogens (tertiary/aromatic N) is 2. The fraction of sp³-hybridized carbons (Fsp3) is 0.235. The minimum atomic E-state index is -0.860. The minimum Gasteiger partial charge on any atom is -0.467 e. The van der Waals surface area contributed by atoms with Crippen molar-refractivity contribution in [1.82, 2.24) is 4.57 Å². The molecule has 0 saturated heterocycles. The van der Waals surface area contributed by atoms with Gasteiger partial charge in [-0.15, -0.1) is 0 Å². The number of pyridine rings is 1. The van der Waals surface area contributed by atoms with Crippen LogP contribution in [-0.4, -0.2) is 17.6 Å². The van der Waals surface area contributed by atoms with Gasteiger partial charge in [0.15, 0.2) is 0 Å². The number of halogens is 1. The van der Waals surface area contributed by atoms with Crippen LogP contribution in [0.15, 0.2) is 41.2 Å². The molecular weight excluding hydrogens is 299 g/mol. The lowest BCUT2D eigenvalue weighted by Crippen LogP contribution is -2.32. The molecule has 6 heteroatoms. The second-order valence-electron chi connectivity index (χ2n) is 4.87. The van der Waals surface area contributed by atoms with E-state index in [0.29, 0.717) is 17.7 Å². The zero-order chi connectivity index (χ0) is 17.0. The van der Waals surface area contributed by atoms with Crippen molar-refractivity contribution >= 4 is 5.97 Å². The molecule has 0 bridgehead atoms. The fourth-order valence-corrected chi connectivity index (χ4v) is 2.39. The molecule has 1 aromatic carbocycles. The molecule has 2 aromatic rings. The third-order valence-electron chi connectivity index (χ3n) is 3.55. The Bertz CT molecular complexity index is 819. The third kappa shape index (κ3) is 3.14. The van der Waals surface area contributed by atoms with E-state index in [2.05, 4.69) is 0 Å². The van der Waals surface area contributed by atoms with Crippen LogP contribution in [0.4, 0.5) is 4.39 Å². The number of esters is 1. The summed E-state index contributed by atoms with van der Waals surface area (Å²) in [5.74, 6) is -0.982. The van der Waals surface area contributed by atoms with Crippen LogP contribution in [0.1, 0.15) is 24.9 Å². The maximum atomic E-state index is 13.1. The van der Waals surface area contributed by atoms with E-state index < -0.39 is 23.4 Å². The Morgan fingerprint density at radius 1 is 1.30 bits per heavy atom. The van der Waals surface area contributed by atoms with Crippen molar-refractivity contribution in [2.75, 3.05) is 7.11 Å². The molecule has 0 aliphatic rings. The molecule has 118 valence electrons. The number of nitriles is 1. The van der Waals surface area contributed by atoms with Crippen molar-refractivity contribution in [3.8, 4) is 17.3 Å². The first kappa shape index (κ1) is 16.4. The summed E-state index contributed by atoms with van der Waals surface area (Å²) in [5, 5.41) is 9.06. The Kier molecular flexibility index (Phi) is 4.91. The monoisotopic (exact) mass is 314 g/mol. The molecular formula is C17H15FN2O3. The van der Waals surface area contributed by atoms with E-state index in [-0.39, 0.29) is 5.56 Å². The SMILES string of the molecule is CCC(C(=O)OC)n1c(-c2ccc(F)cc2)ccc(C#N)c1=O. The molecule has 0 saturated carbocycles. The van der Waals surface area contributed by atoms with Crippen molar-refractivity contribution in [2.45, 2.75) is 19.4 Å². The molecule has 0 aliphatic heterocycles. The average molecular weight is 314 g/mol. The van der Waals surface area contributed by atoms with Gasteiger partial charge in [-0.05, 0) is 48.4 Å². The van der Waals surface area contributed by atoms with Gasteiger partial charge in [0.05, 0.1) is 12.8 Å². The van der Waals surface area contributed by atoms with Gasteiger partial charge >= 0.3 is 5.97 Å². The lowest BCUT2D eigenvalue weighted by atomic mass is 10.1. The lowest BCUT2D eigenvalue weighted by Gasteiger charge is -2.20. The molecule has 0 aliphatic carbocycles. The number of benzene rings is 1. The lowest BCUT2D eigenvalue weighted by molar-refractivity contribution is -0.144.